The van der Waals surface area contributed by atoms with Crippen LogP contribution in [0, 0.1) is 17.5 Å². The van der Waals surface area contributed by atoms with E-state index < -0.39 is 11.6 Å². The van der Waals surface area contributed by atoms with Gasteiger partial charge in [-0.3, -0.25) is 4.79 Å². The first-order valence-electron chi connectivity index (χ1n) is 9.34. The highest BCUT2D eigenvalue weighted by Crippen LogP contribution is 2.28. The molecule has 0 aliphatic carbocycles. The van der Waals surface area contributed by atoms with Crippen LogP contribution in [0.3, 0.4) is 0 Å². The average Bonchev–Trinajstić information content (AvgIpc) is 2.75. The molecular formula is C22H18F3N3O. The lowest BCUT2D eigenvalue weighted by atomic mass is 9.94. The molecule has 1 amide bonds. The number of carbonyl (C=O) groups is 1. The van der Waals surface area contributed by atoms with Crippen LogP contribution in [-0.2, 0) is 0 Å². The van der Waals surface area contributed by atoms with Gasteiger partial charge in [0.1, 0.15) is 5.82 Å². The summed E-state index contributed by atoms with van der Waals surface area (Å²) in [6, 6.07) is 11.0. The summed E-state index contributed by atoms with van der Waals surface area (Å²) < 4.78 is 40.2. The van der Waals surface area contributed by atoms with Gasteiger partial charge in [0.15, 0.2) is 17.5 Å². The minimum atomic E-state index is -1.04. The Morgan fingerprint density at radius 2 is 1.90 bits per heavy atom. The third kappa shape index (κ3) is 4.13. The molecule has 3 aromatic rings. The number of nitrogens with zero attached hydrogens (tertiary/aromatic N) is 3. The van der Waals surface area contributed by atoms with Crippen molar-refractivity contribution in [2.24, 2.45) is 0 Å². The number of benzene rings is 2. The molecule has 1 fully saturated rings. The molecule has 2 heterocycles. The van der Waals surface area contributed by atoms with Crippen molar-refractivity contribution < 1.29 is 18.0 Å². The minimum Gasteiger partial charge on any atom is -0.338 e. The molecule has 4 nitrogen and oxygen atoms in total. The zero-order chi connectivity index (χ0) is 20.4. The second-order valence-electron chi connectivity index (χ2n) is 7.03. The Labute approximate surface area is 166 Å². The van der Waals surface area contributed by atoms with Crippen molar-refractivity contribution in [2.75, 3.05) is 13.1 Å². The molecule has 0 bridgehead atoms. The van der Waals surface area contributed by atoms with Gasteiger partial charge >= 0.3 is 0 Å². The quantitative estimate of drug-likeness (QED) is 0.650. The molecule has 0 spiro atoms. The van der Waals surface area contributed by atoms with Crippen molar-refractivity contribution in [1.82, 2.24) is 14.9 Å². The zero-order valence-corrected chi connectivity index (χ0v) is 15.5. The van der Waals surface area contributed by atoms with E-state index in [0.29, 0.717) is 24.5 Å². The van der Waals surface area contributed by atoms with Crippen LogP contribution in [0.1, 0.15) is 34.8 Å². The average molecular weight is 397 g/mol. The maximum atomic E-state index is 13.5. The van der Waals surface area contributed by atoms with Gasteiger partial charge in [-0.15, -0.1) is 0 Å². The van der Waals surface area contributed by atoms with Gasteiger partial charge in [0.2, 0.25) is 0 Å². The largest absolute Gasteiger partial charge is 0.338 e. The molecule has 0 N–H and O–H groups in total. The second kappa shape index (κ2) is 8.03. The SMILES string of the molecule is O=C(c1ccc(F)c(F)c1)N1CCCC(c2ccnc(-c3cccc(F)c3)n2)C1. The monoisotopic (exact) mass is 397 g/mol. The fraction of sp³-hybridized carbons (Fsp3) is 0.227. The Hall–Kier alpha value is -3.22. The summed E-state index contributed by atoms with van der Waals surface area (Å²) >= 11 is 0. The molecule has 148 valence electrons. The van der Waals surface area contributed by atoms with E-state index in [2.05, 4.69) is 9.97 Å². The highest BCUT2D eigenvalue weighted by atomic mass is 19.2. The highest BCUT2D eigenvalue weighted by Gasteiger charge is 2.27. The fourth-order valence-corrected chi connectivity index (χ4v) is 3.58. The standard InChI is InChI=1S/C22H18F3N3O/c23-17-5-1-3-14(11-17)21-26-9-8-20(27-21)16-4-2-10-28(13-16)22(29)15-6-7-18(24)19(25)12-15/h1,3,5-9,11-12,16H,2,4,10,13H2. The topological polar surface area (TPSA) is 46.1 Å². The first-order valence-corrected chi connectivity index (χ1v) is 9.34. The lowest BCUT2D eigenvalue weighted by Crippen LogP contribution is -2.39. The van der Waals surface area contributed by atoms with Gasteiger partial charge in [-0.05, 0) is 49.2 Å². The van der Waals surface area contributed by atoms with E-state index in [1.807, 2.05) is 0 Å². The summed E-state index contributed by atoms with van der Waals surface area (Å²) in [6.45, 7) is 0.952. The Balaban J connectivity index is 1.55. The molecule has 4 rings (SSSR count). The predicted octanol–water partition coefficient (Wildman–Crippen LogP) is 4.58. The summed E-state index contributed by atoms with van der Waals surface area (Å²) in [5, 5.41) is 0. The van der Waals surface area contributed by atoms with Crippen LogP contribution in [0.5, 0.6) is 0 Å². The van der Waals surface area contributed by atoms with E-state index >= 15 is 0 Å². The Bertz CT molecular complexity index is 1060. The number of likely N-dealkylation sites (tertiary alicyclic amines) is 1. The van der Waals surface area contributed by atoms with Crippen molar-refractivity contribution in [2.45, 2.75) is 18.8 Å². The minimum absolute atomic E-state index is 0.0201. The van der Waals surface area contributed by atoms with Crippen LogP contribution in [-0.4, -0.2) is 33.9 Å². The van der Waals surface area contributed by atoms with E-state index in [1.165, 1.54) is 18.2 Å². The first-order chi connectivity index (χ1) is 14.0. The summed E-state index contributed by atoms with van der Waals surface area (Å²) in [6.07, 6.45) is 3.22. The molecule has 1 unspecified atom stereocenters. The number of piperidine rings is 1. The summed E-state index contributed by atoms with van der Waals surface area (Å²) in [7, 11) is 0. The van der Waals surface area contributed by atoms with Gasteiger partial charge in [0.05, 0.1) is 0 Å². The van der Waals surface area contributed by atoms with Crippen molar-refractivity contribution in [3.63, 3.8) is 0 Å². The third-order valence-electron chi connectivity index (χ3n) is 5.05. The third-order valence-corrected chi connectivity index (χ3v) is 5.05. The van der Waals surface area contributed by atoms with Crippen molar-refractivity contribution >= 4 is 5.91 Å². The molecule has 0 saturated carbocycles. The zero-order valence-electron chi connectivity index (χ0n) is 15.5. The molecule has 1 saturated heterocycles. The molecule has 1 aliphatic rings. The number of halogens is 3. The lowest BCUT2D eigenvalue weighted by molar-refractivity contribution is 0.0705. The predicted molar refractivity (Wildman–Crippen MR) is 102 cm³/mol. The summed E-state index contributed by atoms with van der Waals surface area (Å²) in [5.41, 5.74) is 1.46. The molecule has 29 heavy (non-hydrogen) atoms. The van der Waals surface area contributed by atoms with Gasteiger partial charge in [-0.1, -0.05) is 12.1 Å². The van der Waals surface area contributed by atoms with Gasteiger partial charge in [0.25, 0.3) is 5.91 Å². The molecule has 0 radical (unpaired) electrons. The molecule has 1 atom stereocenters. The van der Waals surface area contributed by atoms with Crippen LogP contribution < -0.4 is 0 Å². The normalized spacial score (nSPS) is 16.7. The van der Waals surface area contributed by atoms with Crippen molar-refractivity contribution in [3.05, 3.63) is 83.4 Å². The maximum absolute atomic E-state index is 13.5. The van der Waals surface area contributed by atoms with E-state index in [4.69, 9.17) is 0 Å². The number of carbonyl (C=O) groups excluding carboxylic acids is 1. The summed E-state index contributed by atoms with van der Waals surface area (Å²) in [4.78, 5) is 23.2. The maximum Gasteiger partial charge on any atom is 0.253 e. The van der Waals surface area contributed by atoms with Gasteiger partial charge in [0, 0.05) is 42.0 Å². The highest BCUT2D eigenvalue weighted by molar-refractivity contribution is 5.94. The number of amides is 1. The van der Waals surface area contributed by atoms with Crippen LogP contribution in [0.25, 0.3) is 11.4 Å². The molecule has 1 aliphatic heterocycles. The second-order valence-corrected chi connectivity index (χ2v) is 7.03. The van der Waals surface area contributed by atoms with Gasteiger partial charge < -0.3 is 4.90 Å². The Morgan fingerprint density at radius 3 is 2.69 bits per heavy atom. The van der Waals surface area contributed by atoms with E-state index in [0.717, 1.165) is 30.7 Å². The van der Waals surface area contributed by atoms with Crippen molar-refractivity contribution in [3.8, 4) is 11.4 Å². The van der Waals surface area contributed by atoms with E-state index in [9.17, 15) is 18.0 Å². The van der Waals surface area contributed by atoms with Crippen LogP contribution in [0.2, 0.25) is 0 Å². The molecule has 1 aromatic heterocycles. The number of aromatic nitrogens is 2. The van der Waals surface area contributed by atoms with Crippen LogP contribution in [0.15, 0.2) is 54.7 Å². The molecule has 2 aromatic carbocycles. The Kier molecular flexibility index (Phi) is 5.29. The van der Waals surface area contributed by atoms with Gasteiger partial charge in [-0.2, -0.15) is 0 Å². The van der Waals surface area contributed by atoms with Crippen LogP contribution >= 0.6 is 0 Å². The molecule has 7 heteroatoms. The van der Waals surface area contributed by atoms with E-state index in [1.54, 1.807) is 29.3 Å². The first kappa shape index (κ1) is 19.1. The fourth-order valence-electron chi connectivity index (χ4n) is 3.58. The number of hydrogen-bond acceptors (Lipinski definition) is 3. The van der Waals surface area contributed by atoms with E-state index in [-0.39, 0.29) is 23.2 Å². The number of rotatable bonds is 3. The van der Waals surface area contributed by atoms with Crippen LogP contribution in [0.4, 0.5) is 13.2 Å². The molecular weight excluding hydrogens is 379 g/mol. The van der Waals surface area contributed by atoms with Gasteiger partial charge in [-0.25, -0.2) is 23.1 Å². The smallest absolute Gasteiger partial charge is 0.253 e. The lowest BCUT2D eigenvalue weighted by Gasteiger charge is -2.32. The Morgan fingerprint density at radius 1 is 1.03 bits per heavy atom. The van der Waals surface area contributed by atoms with Crippen molar-refractivity contribution in [1.29, 1.82) is 0 Å². The number of hydrogen-bond donors (Lipinski definition) is 0. The summed E-state index contributed by atoms with van der Waals surface area (Å²) in [5.74, 6) is -2.33.